The molecule has 0 unspecified atom stereocenters. The number of hydrogen-bond donors (Lipinski definition) is 2. The van der Waals surface area contributed by atoms with E-state index in [4.69, 9.17) is 10.5 Å². The van der Waals surface area contributed by atoms with Crippen molar-refractivity contribution < 1.29 is 9.53 Å². The van der Waals surface area contributed by atoms with Crippen LogP contribution in [0.3, 0.4) is 0 Å². The number of carbonyl (C=O) groups is 1. The Bertz CT molecular complexity index is 716. The molecular formula is C12H14N4O3. The van der Waals surface area contributed by atoms with E-state index in [1.165, 1.54) is 0 Å². The first-order chi connectivity index (χ1) is 9.06. The van der Waals surface area contributed by atoms with Gasteiger partial charge in [0, 0.05) is 12.7 Å². The standard InChI is InChI=1S/C12H14N4O3/c1-15-9-3-2-7(13)4-10(9)16(12(15)18)5-8-6-19-11(17)14-8/h2-4,8H,5-6,13H2,1H3,(H,14,17)/t8-/m0/s1. The minimum absolute atomic E-state index is 0.137. The third-order valence-corrected chi connectivity index (χ3v) is 3.31. The van der Waals surface area contributed by atoms with Gasteiger partial charge >= 0.3 is 11.8 Å². The monoisotopic (exact) mass is 262 g/mol. The van der Waals surface area contributed by atoms with E-state index in [0.717, 1.165) is 11.0 Å². The number of benzene rings is 1. The molecule has 1 saturated heterocycles. The zero-order chi connectivity index (χ0) is 13.6. The second kappa shape index (κ2) is 4.04. The summed E-state index contributed by atoms with van der Waals surface area (Å²) >= 11 is 0. The van der Waals surface area contributed by atoms with Crippen LogP contribution in [0.15, 0.2) is 23.0 Å². The van der Waals surface area contributed by atoms with Crippen molar-refractivity contribution in [1.82, 2.24) is 14.5 Å². The quantitative estimate of drug-likeness (QED) is 0.747. The number of cyclic esters (lactones) is 1. The van der Waals surface area contributed by atoms with E-state index in [1.807, 2.05) is 6.07 Å². The lowest BCUT2D eigenvalue weighted by atomic mass is 10.2. The Morgan fingerprint density at radius 3 is 2.89 bits per heavy atom. The molecule has 7 nitrogen and oxygen atoms in total. The van der Waals surface area contributed by atoms with Gasteiger partial charge in [-0.15, -0.1) is 0 Å². The van der Waals surface area contributed by atoms with Gasteiger partial charge in [0.2, 0.25) is 0 Å². The van der Waals surface area contributed by atoms with Crippen LogP contribution in [-0.2, 0) is 18.3 Å². The molecule has 0 bridgehead atoms. The average Bonchev–Trinajstić information content (AvgIpc) is 2.88. The van der Waals surface area contributed by atoms with Gasteiger partial charge < -0.3 is 15.8 Å². The van der Waals surface area contributed by atoms with Gasteiger partial charge in [-0.1, -0.05) is 0 Å². The summed E-state index contributed by atoms with van der Waals surface area (Å²) in [6.45, 7) is 0.634. The van der Waals surface area contributed by atoms with Gasteiger partial charge in [-0.2, -0.15) is 0 Å². The molecule has 7 heteroatoms. The first-order valence-corrected chi connectivity index (χ1v) is 5.94. The number of nitrogens with zero attached hydrogens (tertiary/aromatic N) is 2. The molecule has 0 aliphatic carbocycles. The van der Waals surface area contributed by atoms with Gasteiger partial charge in [-0.25, -0.2) is 9.59 Å². The molecule has 0 saturated carbocycles. The number of imidazole rings is 1. The Hall–Kier alpha value is -2.44. The molecule has 19 heavy (non-hydrogen) atoms. The summed E-state index contributed by atoms with van der Waals surface area (Å²) in [6.07, 6.45) is -0.446. The molecule has 100 valence electrons. The molecule has 1 aliphatic rings. The minimum Gasteiger partial charge on any atom is -0.447 e. The SMILES string of the molecule is Cn1c(=O)n(C[C@H]2COC(=O)N2)c2cc(N)ccc21. The highest BCUT2D eigenvalue weighted by Crippen LogP contribution is 2.16. The number of carbonyl (C=O) groups excluding carboxylic acids is 1. The summed E-state index contributed by atoms with van der Waals surface area (Å²) in [6, 6.07) is 5.13. The summed E-state index contributed by atoms with van der Waals surface area (Å²) < 4.78 is 7.99. The molecule has 2 heterocycles. The van der Waals surface area contributed by atoms with Crippen LogP contribution < -0.4 is 16.7 Å². The molecule has 1 amide bonds. The molecule has 1 aromatic heterocycles. The van der Waals surface area contributed by atoms with E-state index in [-0.39, 0.29) is 18.3 Å². The normalized spacial score (nSPS) is 18.6. The lowest BCUT2D eigenvalue weighted by molar-refractivity contribution is 0.176. The van der Waals surface area contributed by atoms with Gasteiger partial charge in [-0.05, 0) is 18.2 Å². The van der Waals surface area contributed by atoms with Crippen molar-refractivity contribution in [3.05, 3.63) is 28.7 Å². The number of rotatable bonds is 2. The number of aryl methyl sites for hydroxylation is 1. The lowest BCUT2D eigenvalue weighted by Crippen LogP contribution is -2.35. The first-order valence-electron chi connectivity index (χ1n) is 5.94. The highest BCUT2D eigenvalue weighted by Gasteiger charge is 2.24. The van der Waals surface area contributed by atoms with E-state index in [2.05, 4.69) is 5.32 Å². The number of fused-ring (bicyclic) bond motifs is 1. The summed E-state index contributed by atoms with van der Waals surface area (Å²) in [5.74, 6) is 0. The maximum atomic E-state index is 12.2. The number of amides is 1. The Balaban J connectivity index is 2.07. The molecule has 2 aromatic rings. The van der Waals surface area contributed by atoms with E-state index in [9.17, 15) is 9.59 Å². The Morgan fingerprint density at radius 1 is 1.42 bits per heavy atom. The fourth-order valence-corrected chi connectivity index (χ4v) is 2.35. The molecule has 1 aromatic carbocycles. The van der Waals surface area contributed by atoms with Gasteiger partial charge in [-0.3, -0.25) is 9.13 Å². The highest BCUT2D eigenvalue weighted by molar-refractivity contribution is 5.79. The van der Waals surface area contributed by atoms with Crippen LogP contribution in [0.25, 0.3) is 11.0 Å². The molecule has 1 atom stereocenters. The number of aromatic nitrogens is 2. The van der Waals surface area contributed by atoms with Crippen molar-refractivity contribution in [1.29, 1.82) is 0 Å². The molecular weight excluding hydrogens is 248 g/mol. The van der Waals surface area contributed by atoms with Gasteiger partial charge in [0.05, 0.1) is 23.6 Å². The van der Waals surface area contributed by atoms with Crippen molar-refractivity contribution in [3.8, 4) is 0 Å². The van der Waals surface area contributed by atoms with Crippen LogP contribution in [0.4, 0.5) is 10.5 Å². The zero-order valence-electron chi connectivity index (χ0n) is 10.4. The van der Waals surface area contributed by atoms with Crippen molar-refractivity contribution in [2.75, 3.05) is 12.3 Å². The molecule has 0 radical (unpaired) electrons. The predicted molar refractivity (Wildman–Crippen MR) is 69.9 cm³/mol. The Morgan fingerprint density at radius 2 is 2.21 bits per heavy atom. The number of ether oxygens (including phenoxy) is 1. The van der Waals surface area contributed by atoms with E-state index in [1.54, 1.807) is 28.3 Å². The molecule has 0 spiro atoms. The number of anilines is 1. The van der Waals surface area contributed by atoms with E-state index >= 15 is 0 Å². The van der Waals surface area contributed by atoms with Crippen LogP contribution in [-0.4, -0.2) is 27.9 Å². The number of alkyl carbamates (subject to hydrolysis) is 1. The van der Waals surface area contributed by atoms with E-state index < -0.39 is 6.09 Å². The fraction of sp³-hybridized carbons (Fsp3) is 0.333. The Labute approximate surface area is 108 Å². The first kappa shape index (κ1) is 11.6. The highest BCUT2D eigenvalue weighted by atomic mass is 16.6. The van der Waals surface area contributed by atoms with Gasteiger partial charge in [0.25, 0.3) is 0 Å². The molecule has 1 aliphatic heterocycles. The van der Waals surface area contributed by atoms with Crippen molar-refractivity contribution in [3.63, 3.8) is 0 Å². The summed E-state index contributed by atoms with van der Waals surface area (Å²) in [5, 5.41) is 2.66. The fourth-order valence-electron chi connectivity index (χ4n) is 2.35. The minimum atomic E-state index is -0.446. The topological polar surface area (TPSA) is 91.3 Å². The van der Waals surface area contributed by atoms with Crippen molar-refractivity contribution in [2.24, 2.45) is 7.05 Å². The Kier molecular flexibility index (Phi) is 2.48. The largest absolute Gasteiger partial charge is 0.447 e. The van der Waals surface area contributed by atoms with Crippen LogP contribution in [0.5, 0.6) is 0 Å². The van der Waals surface area contributed by atoms with Gasteiger partial charge in [0.1, 0.15) is 6.61 Å². The molecule has 3 N–H and O–H groups in total. The van der Waals surface area contributed by atoms with Crippen LogP contribution in [0, 0.1) is 0 Å². The number of nitrogens with one attached hydrogen (secondary N) is 1. The number of nitrogens with two attached hydrogens (primary N) is 1. The zero-order valence-corrected chi connectivity index (χ0v) is 10.4. The third kappa shape index (κ3) is 1.83. The third-order valence-electron chi connectivity index (χ3n) is 3.31. The molecule has 3 rings (SSSR count). The predicted octanol–water partition coefficient (Wildman–Crippen LogP) is 0.0306. The van der Waals surface area contributed by atoms with Crippen LogP contribution in [0.1, 0.15) is 0 Å². The van der Waals surface area contributed by atoms with Crippen molar-refractivity contribution >= 4 is 22.8 Å². The van der Waals surface area contributed by atoms with Crippen LogP contribution in [0.2, 0.25) is 0 Å². The number of hydrogen-bond acceptors (Lipinski definition) is 4. The lowest BCUT2D eigenvalue weighted by Gasteiger charge is -2.08. The summed E-state index contributed by atoms with van der Waals surface area (Å²) in [4.78, 5) is 23.2. The summed E-state index contributed by atoms with van der Waals surface area (Å²) in [7, 11) is 1.71. The van der Waals surface area contributed by atoms with Gasteiger partial charge in [0.15, 0.2) is 0 Å². The van der Waals surface area contributed by atoms with Crippen LogP contribution >= 0.6 is 0 Å². The molecule has 1 fully saturated rings. The second-order valence-electron chi connectivity index (χ2n) is 4.64. The van der Waals surface area contributed by atoms with E-state index in [0.29, 0.717) is 12.2 Å². The number of nitrogen functional groups attached to an aromatic ring is 1. The maximum absolute atomic E-state index is 12.2. The smallest absolute Gasteiger partial charge is 0.407 e. The summed E-state index contributed by atoms with van der Waals surface area (Å²) in [5.41, 5.74) is 7.79. The average molecular weight is 262 g/mol. The van der Waals surface area contributed by atoms with Crippen molar-refractivity contribution in [2.45, 2.75) is 12.6 Å². The second-order valence-corrected chi connectivity index (χ2v) is 4.64. The maximum Gasteiger partial charge on any atom is 0.407 e.